The van der Waals surface area contributed by atoms with Crippen LogP contribution in [0.1, 0.15) is 26.7 Å². The van der Waals surface area contributed by atoms with Crippen LogP contribution < -0.4 is 5.32 Å². The van der Waals surface area contributed by atoms with Gasteiger partial charge in [0.1, 0.15) is 6.04 Å². The number of carbonyl (C=O) groups excluding carboxylic acids is 1. The molecular weight excluding hydrogens is 220 g/mol. The quantitative estimate of drug-likeness (QED) is 0.777. The van der Waals surface area contributed by atoms with E-state index < -0.39 is 12.0 Å². The summed E-state index contributed by atoms with van der Waals surface area (Å²) in [5.41, 5.74) is 0. The molecule has 0 aromatic heterocycles. The second-order valence-electron chi connectivity index (χ2n) is 5.40. The van der Waals surface area contributed by atoms with Crippen molar-refractivity contribution in [2.24, 2.45) is 17.8 Å². The Hall–Kier alpha value is -1.26. The van der Waals surface area contributed by atoms with E-state index in [1.54, 1.807) is 0 Å². The zero-order valence-electron chi connectivity index (χ0n) is 10.3. The summed E-state index contributed by atoms with van der Waals surface area (Å²) in [5, 5.41) is 12.0. The molecule has 5 nitrogen and oxygen atoms in total. The third-order valence-electron chi connectivity index (χ3n) is 4.01. The van der Waals surface area contributed by atoms with E-state index in [0.29, 0.717) is 24.9 Å². The third kappa shape index (κ3) is 2.53. The standard InChI is InChI=1S/C12H20N2O3/c1-7-3-4-14(10(7)11(15)16)12(17)13-6-9-5-8(9)2/h7-10H,3-6H2,1-2H3,(H,13,17)(H,15,16). The van der Waals surface area contributed by atoms with Crippen molar-refractivity contribution in [2.45, 2.75) is 32.7 Å². The number of rotatable bonds is 3. The minimum Gasteiger partial charge on any atom is -0.480 e. The summed E-state index contributed by atoms with van der Waals surface area (Å²) >= 11 is 0. The molecule has 2 fully saturated rings. The number of urea groups is 1. The van der Waals surface area contributed by atoms with Gasteiger partial charge in [0.25, 0.3) is 0 Å². The number of nitrogens with one attached hydrogen (secondary N) is 1. The van der Waals surface area contributed by atoms with E-state index in [9.17, 15) is 9.59 Å². The number of likely N-dealkylation sites (tertiary alicyclic amines) is 1. The zero-order valence-corrected chi connectivity index (χ0v) is 10.3. The van der Waals surface area contributed by atoms with Crippen LogP contribution in [-0.4, -0.2) is 41.1 Å². The molecule has 1 saturated heterocycles. The first kappa shape index (κ1) is 12.2. The number of carboxylic acids is 1. The number of carbonyl (C=O) groups is 2. The summed E-state index contributed by atoms with van der Waals surface area (Å²) in [4.78, 5) is 24.5. The molecule has 1 saturated carbocycles. The molecule has 1 aliphatic heterocycles. The Labute approximate surface area is 101 Å². The van der Waals surface area contributed by atoms with E-state index in [2.05, 4.69) is 12.2 Å². The normalized spacial score (nSPS) is 35.8. The highest BCUT2D eigenvalue weighted by molar-refractivity contribution is 5.83. The molecule has 1 aliphatic carbocycles. The van der Waals surface area contributed by atoms with E-state index in [1.807, 2.05) is 6.92 Å². The van der Waals surface area contributed by atoms with Crippen LogP contribution >= 0.6 is 0 Å². The van der Waals surface area contributed by atoms with Crippen molar-refractivity contribution in [1.82, 2.24) is 10.2 Å². The van der Waals surface area contributed by atoms with Crippen molar-refractivity contribution in [3.05, 3.63) is 0 Å². The molecule has 1 heterocycles. The van der Waals surface area contributed by atoms with E-state index in [-0.39, 0.29) is 11.9 Å². The Morgan fingerprint density at radius 1 is 1.35 bits per heavy atom. The van der Waals surface area contributed by atoms with Gasteiger partial charge in [-0.3, -0.25) is 0 Å². The maximum atomic E-state index is 11.9. The Morgan fingerprint density at radius 2 is 2.00 bits per heavy atom. The lowest BCUT2D eigenvalue weighted by atomic mass is 10.0. The fraction of sp³-hybridized carbons (Fsp3) is 0.833. The lowest BCUT2D eigenvalue weighted by Gasteiger charge is -2.23. The van der Waals surface area contributed by atoms with Gasteiger partial charge in [0.2, 0.25) is 0 Å². The maximum Gasteiger partial charge on any atom is 0.326 e. The average Bonchev–Trinajstić information content (AvgIpc) is 2.80. The molecule has 2 N–H and O–H groups in total. The Bertz CT molecular complexity index is 332. The molecule has 0 bridgehead atoms. The monoisotopic (exact) mass is 240 g/mol. The molecule has 0 radical (unpaired) electrons. The van der Waals surface area contributed by atoms with Gasteiger partial charge < -0.3 is 15.3 Å². The minimum absolute atomic E-state index is 0.0399. The lowest BCUT2D eigenvalue weighted by Crippen LogP contribution is -2.48. The number of amides is 2. The number of nitrogens with zero attached hydrogens (tertiary/aromatic N) is 1. The Balaban J connectivity index is 1.87. The van der Waals surface area contributed by atoms with Crippen LogP contribution in [0.15, 0.2) is 0 Å². The first-order chi connectivity index (χ1) is 8.00. The van der Waals surface area contributed by atoms with E-state index in [1.165, 1.54) is 11.3 Å². The molecule has 0 aromatic rings. The predicted octanol–water partition coefficient (Wildman–Crippen LogP) is 1.15. The van der Waals surface area contributed by atoms with E-state index in [4.69, 9.17) is 5.11 Å². The second kappa shape index (κ2) is 4.55. The SMILES string of the molecule is CC1CC1CNC(=O)N1CCC(C)C1C(=O)O. The average molecular weight is 240 g/mol. The number of carboxylic acid groups (broad SMARTS) is 1. The Morgan fingerprint density at radius 3 is 2.53 bits per heavy atom. The number of hydrogen-bond acceptors (Lipinski definition) is 2. The summed E-state index contributed by atoms with van der Waals surface area (Å²) in [6, 6.07) is -0.882. The fourth-order valence-electron chi connectivity index (χ4n) is 2.55. The number of aliphatic carboxylic acids is 1. The highest BCUT2D eigenvalue weighted by Gasteiger charge is 2.40. The number of hydrogen-bond donors (Lipinski definition) is 2. The molecular formula is C12H20N2O3. The van der Waals surface area contributed by atoms with Crippen molar-refractivity contribution >= 4 is 12.0 Å². The summed E-state index contributed by atoms with van der Waals surface area (Å²) < 4.78 is 0. The Kier molecular flexibility index (Phi) is 3.26. The van der Waals surface area contributed by atoms with Crippen LogP contribution in [-0.2, 0) is 4.79 Å². The summed E-state index contributed by atoms with van der Waals surface area (Å²) in [6.07, 6.45) is 1.93. The van der Waals surface area contributed by atoms with Gasteiger partial charge in [-0.25, -0.2) is 9.59 Å². The van der Waals surface area contributed by atoms with Crippen molar-refractivity contribution in [3.8, 4) is 0 Å². The molecule has 2 rings (SSSR count). The first-order valence-electron chi connectivity index (χ1n) is 6.28. The highest BCUT2D eigenvalue weighted by Crippen LogP contribution is 2.36. The maximum absolute atomic E-state index is 11.9. The zero-order chi connectivity index (χ0) is 12.6. The van der Waals surface area contributed by atoms with Gasteiger partial charge >= 0.3 is 12.0 Å². The van der Waals surface area contributed by atoms with Gasteiger partial charge in [0, 0.05) is 13.1 Å². The van der Waals surface area contributed by atoms with Crippen LogP contribution in [0.25, 0.3) is 0 Å². The predicted molar refractivity (Wildman–Crippen MR) is 62.6 cm³/mol. The van der Waals surface area contributed by atoms with Crippen LogP contribution in [0.3, 0.4) is 0 Å². The summed E-state index contributed by atoms with van der Waals surface area (Å²) in [6.45, 7) is 5.27. The van der Waals surface area contributed by atoms with Crippen LogP contribution in [0.5, 0.6) is 0 Å². The smallest absolute Gasteiger partial charge is 0.326 e. The van der Waals surface area contributed by atoms with Crippen molar-refractivity contribution in [1.29, 1.82) is 0 Å². The van der Waals surface area contributed by atoms with E-state index in [0.717, 1.165) is 6.42 Å². The molecule has 2 aliphatic rings. The van der Waals surface area contributed by atoms with Gasteiger partial charge in [-0.2, -0.15) is 0 Å². The molecule has 2 amide bonds. The van der Waals surface area contributed by atoms with Gasteiger partial charge in [-0.05, 0) is 30.6 Å². The van der Waals surface area contributed by atoms with Crippen molar-refractivity contribution in [3.63, 3.8) is 0 Å². The fourth-order valence-corrected chi connectivity index (χ4v) is 2.55. The lowest BCUT2D eigenvalue weighted by molar-refractivity contribution is -0.142. The molecule has 4 atom stereocenters. The van der Waals surface area contributed by atoms with Gasteiger partial charge in [-0.15, -0.1) is 0 Å². The van der Waals surface area contributed by atoms with Gasteiger partial charge in [-0.1, -0.05) is 13.8 Å². The minimum atomic E-state index is -0.898. The van der Waals surface area contributed by atoms with Gasteiger partial charge in [0.05, 0.1) is 0 Å². The molecule has 5 heteroatoms. The molecule has 96 valence electrons. The van der Waals surface area contributed by atoms with Crippen molar-refractivity contribution in [2.75, 3.05) is 13.1 Å². The van der Waals surface area contributed by atoms with Gasteiger partial charge in [0.15, 0.2) is 0 Å². The van der Waals surface area contributed by atoms with Crippen LogP contribution in [0, 0.1) is 17.8 Å². The first-order valence-corrected chi connectivity index (χ1v) is 6.28. The summed E-state index contributed by atoms with van der Waals surface area (Å²) in [5.74, 6) is 0.424. The van der Waals surface area contributed by atoms with Crippen molar-refractivity contribution < 1.29 is 14.7 Å². The van der Waals surface area contributed by atoms with Crippen LogP contribution in [0.2, 0.25) is 0 Å². The third-order valence-corrected chi connectivity index (χ3v) is 4.01. The topological polar surface area (TPSA) is 69.6 Å². The van der Waals surface area contributed by atoms with Crippen LogP contribution in [0.4, 0.5) is 4.79 Å². The van der Waals surface area contributed by atoms with E-state index >= 15 is 0 Å². The molecule has 4 unspecified atom stereocenters. The molecule has 0 spiro atoms. The largest absolute Gasteiger partial charge is 0.480 e. The highest BCUT2D eigenvalue weighted by atomic mass is 16.4. The molecule has 0 aromatic carbocycles. The second-order valence-corrected chi connectivity index (χ2v) is 5.40. The molecule has 17 heavy (non-hydrogen) atoms. The summed E-state index contributed by atoms with van der Waals surface area (Å²) in [7, 11) is 0.